The molecule has 1 N–H and O–H groups in total. The van der Waals surface area contributed by atoms with Gasteiger partial charge < -0.3 is 5.32 Å². The second-order valence-electron chi connectivity index (χ2n) is 6.69. The van der Waals surface area contributed by atoms with Crippen LogP contribution in [-0.2, 0) is 4.79 Å². The molecule has 1 amide bonds. The summed E-state index contributed by atoms with van der Waals surface area (Å²) in [5.41, 5.74) is 4.47. The molecule has 146 valence electrons. The first-order chi connectivity index (χ1) is 14.7. The molecule has 0 aliphatic heterocycles. The number of fused-ring (bicyclic) bond motifs is 1. The van der Waals surface area contributed by atoms with E-state index in [2.05, 4.69) is 21.4 Å². The normalized spacial score (nSPS) is 10.5. The van der Waals surface area contributed by atoms with Gasteiger partial charge in [-0.05, 0) is 30.7 Å². The number of aryl methyl sites for hydroxylation is 1. The Morgan fingerprint density at radius 2 is 1.90 bits per heavy atom. The number of anilines is 1. The first kappa shape index (κ1) is 19.6. The highest BCUT2D eigenvalue weighted by molar-refractivity contribution is 8.00. The molecule has 30 heavy (non-hydrogen) atoms. The number of amides is 1. The lowest BCUT2D eigenvalue weighted by molar-refractivity contribution is -0.113. The largest absolute Gasteiger partial charge is 0.323 e. The fourth-order valence-electron chi connectivity index (χ4n) is 3.23. The first-order valence-corrected chi connectivity index (χ1v) is 10.4. The van der Waals surface area contributed by atoms with Crippen molar-refractivity contribution in [2.75, 3.05) is 11.1 Å². The Bertz CT molecular complexity index is 1260. The van der Waals surface area contributed by atoms with Crippen molar-refractivity contribution < 1.29 is 4.79 Å². The fraction of sp³-hybridized carbons (Fsp3) is 0.0833. The van der Waals surface area contributed by atoms with Crippen LogP contribution in [0.4, 0.5) is 5.69 Å². The number of thioether (sulfide) groups is 1. The van der Waals surface area contributed by atoms with Crippen molar-refractivity contribution in [3.05, 3.63) is 84.2 Å². The van der Waals surface area contributed by atoms with Gasteiger partial charge in [-0.1, -0.05) is 60.3 Å². The van der Waals surface area contributed by atoms with Gasteiger partial charge in [-0.3, -0.25) is 9.78 Å². The molecule has 0 aliphatic carbocycles. The summed E-state index contributed by atoms with van der Waals surface area (Å²) in [4.78, 5) is 21.5. The van der Waals surface area contributed by atoms with Gasteiger partial charge in [-0.15, -0.1) is 0 Å². The minimum atomic E-state index is -0.174. The van der Waals surface area contributed by atoms with E-state index in [9.17, 15) is 10.1 Å². The highest BCUT2D eigenvalue weighted by Crippen LogP contribution is 2.31. The molecule has 0 aliphatic rings. The van der Waals surface area contributed by atoms with Crippen molar-refractivity contribution >= 4 is 34.3 Å². The van der Waals surface area contributed by atoms with Crippen molar-refractivity contribution in [2.45, 2.75) is 11.9 Å². The Kier molecular flexibility index (Phi) is 5.73. The molecule has 0 radical (unpaired) electrons. The van der Waals surface area contributed by atoms with E-state index < -0.39 is 0 Å². The fourth-order valence-corrected chi connectivity index (χ4v) is 4.08. The molecular formula is C24H18N4OS. The summed E-state index contributed by atoms with van der Waals surface area (Å²) in [5.74, 6) is -0.0330. The number of carbonyl (C=O) groups is 1. The number of hydrogen-bond acceptors (Lipinski definition) is 5. The van der Waals surface area contributed by atoms with Gasteiger partial charge in [0.05, 0.1) is 22.5 Å². The molecule has 2 aromatic heterocycles. The lowest BCUT2D eigenvalue weighted by Gasteiger charge is -2.11. The van der Waals surface area contributed by atoms with Crippen LogP contribution in [0.2, 0.25) is 0 Å². The topological polar surface area (TPSA) is 78.7 Å². The van der Waals surface area contributed by atoms with Crippen LogP contribution in [0, 0.1) is 18.3 Å². The van der Waals surface area contributed by atoms with E-state index in [1.165, 1.54) is 11.8 Å². The third-order valence-corrected chi connectivity index (χ3v) is 5.53. The molecule has 4 aromatic rings. The Morgan fingerprint density at radius 3 is 2.70 bits per heavy atom. The zero-order chi connectivity index (χ0) is 20.9. The maximum absolute atomic E-state index is 12.6. The van der Waals surface area contributed by atoms with Crippen LogP contribution in [0.25, 0.3) is 22.0 Å². The lowest BCUT2D eigenvalue weighted by Crippen LogP contribution is -2.15. The molecule has 0 saturated heterocycles. The van der Waals surface area contributed by atoms with Crippen LogP contribution < -0.4 is 5.32 Å². The average Bonchev–Trinajstić information content (AvgIpc) is 2.78. The summed E-state index contributed by atoms with van der Waals surface area (Å²) in [6.45, 7) is 1.89. The van der Waals surface area contributed by atoms with Gasteiger partial charge in [0.1, 0.15) is 11.1 Å². The standard InChI is InChI=1S/C24H18N4OS/c1-16-13-19(17-7-3-2-4-8-17)20(14-25)24(27-16)30-15-22(29)28-21-11-5-9-18-10-6-12-26-23(18)21/h2-13H,15H2,1H3,(H,28,29). The number of nitrogens with zero attached hydrogens (tertiary/aromatic N) is 3. The monoisotopic (exact) mass is 410 g/mol. The number of pyridine rings is 2. The van der Waals surface area contributed by atoms with Gasteiger partial charge in [0.2, 0.25) is 5.91 Å². The number of nitriles is 1. The van der Waals surface area contributed by atoms with Crippen LogP contribution in [0.5, 0.6) is 0 Å². The Balaban J connectivity index is 1.56. The first-order valence-electron chi connectivity index (χ1n) is 9.39. The number of aromatic nitrogens is 2. The predicted octanol–water partition coefficient (Wildman–Crippen LogP) is 5.21. The summed E-state index contributed by atoms with van der Waals surface area (Å²) in [7, 11) is 0. The second-order valence-corrected chi connectivity index (χ2v) is 7.65. The number of benzene rings is 2. The van der Waals surface area contributed by atoms with Crippen molar-refractivity contribution in [3.63, 3.8) is 0 Å². The van der Waals surface area contributed by atoms with Gasteiger partial charge in [-0.25, -0.2) is 4.98 Å². The zero-order valence-electron chi connectivity index (χ0n) is 16.3. The molecule has 0 fully saturated rings. The molecule has 6 heteroatoms. The molecule has 0 atom stereocenters. The van der Waals surface area contributed by atoms with Gasteiger partial charge in [0, 0.05) is 22.8 Å². The average molecular weight is 411 g/mol. The highest BCUT2D eigenvalue weighted by atomic mass is 32.2. The molecule has 0 bridgehead atoms. The number of rotatable bonds is 5. The van der Waals surface area contributed by atoms with Gasteiger partial charge in [0.25, 0.3) is 0 Å². The third kappa shape index (κ3) is 4.17. The maximum Gasteiger partial charge on any atom is 0.234 e. The summed E-state index contributed by atoms with van der Waals surface area (Å²) >= 11 is 1.26. The Hall–Kier alpha value is -3.69. The molecule has 4 rings (SSSR count). The predicted molar refractivity (Wildman–Crippen MR) is 120 cm³/mol. The van der Waals surface area contributed by atoms with E-state index in [1.807, 2.05) is 73.7 Å². The van der Waals surface area contributed by atoms with Gasteiger partial charge in [-0.2, -0.15) is 5.26 Å². The number of hydrogen-bond donors (Lipinski definition) is 1. The SMILES string of the molecule is Cc1cc(-c2ccccc2)c(C#N)c(SCC(=O)Nc2cccc3cccnc23)n1. The molecule has 0 spiro atoms. The van der Waals surface area contributed by atoms with E-state index in [-0.39, 0.29) is 11.7 Å². The van der Waals surface area contributed by atoms with E-state index in [4.69, 9.17) is 0 Å². The molecule has 2 aromatic carbocycles. The Labute approximate surface area is 178 Å². The summed E-state index contributed by atoms with van der Waals surface area (Å²) in [6, 6.07) is 23.4. The second kappa shape index (κ2) is 8.76. The summed E-state index contributed by atoms with van der Waals surface area (Å²) < 4.78 is 0. The van der Waals surface area contributed by atoms with E-state index in [0.717, 1.165) is 27.7 Å². The molecule has 0 saturated carbocycles. The minimum Gasteiger partial charge on any atom is -0.323 e. The summed E-state index contributed by atoms with van der Waals surface area (Å²) in [6.07, 6.45) is 1.70. The number of carbonyl (C=O) groups excluding carboxylic acids is 1. The smallest absolute Gasteiger partial charge is 0.234 e. The molecule has 0 unspecified atom stereocenters. The van der Waals surface area contributed by atoms with Crippen LogP contribution in [-0.4, -0.2) is 21.6 Å². The third-order valence-electron chi connectivity index (χ3n) is 4.56. The van der Waals surface area contributed by atoms with Crippen molar-refractivity contribution in [1.82, 2.24) is 9.97 Å². The lowest BCUT2D eigenvalue weighted by atomic mass is 10.0. The van der Waals surface area contributed by atoms with Crippen molar-refractivity contribution in [2.24, 2.45) is 0 Å². The Morgan fingerprint density at radius 1 is 1.10 bits per heavy atom. The molecular weight excluding hydrogens is 392 g/mol. The van der Waals surface area contributed by atoms with E-state index >= 15 is 0 Å². The van der Waals surface area contributed by atoms with Crippen LogP contribution in [0.3, 0.4) is 0 Å². The van der Waals surface area contributed by atoms with Gasteiger partial charge in [0.15, 0.2) is 0 Å². The highest BCUT2D eigenvalue weighted by Gasteiger charge is 2.15. The maximum atomic E-state index is 12.6. The quantitative estimate of drug-likeness (QED) is 0.457. The van der Waals surface area contributed by atoms with Crippen LogP contribution in [0.1, 0.15) is 11.3 Å². The zero-order valence-corrected chi connectivity index (χ0v) is 17.1. The van der Waals surface area contributed by atoms with Gasteiger partial charge >= 0.3 is 0 Å². The van der Waals surface area contributed by atoms with E-state index in [1.54, 1.807) is 6.20 Å². The number of nitrogens with one attached hydrogen (secondary N) is 1. The molecule has 2 heterocycles. The summed E-state index contributed by atoms with van der Waals surface area (Å²) in [5, 5.41) is 14.2. The van der Waals surface area contributed by atoms with Crippen LogP contribution in [0.15, 0.2) is 78.0 Å². The van der Waals surface area contributed by atoms with Crippen molar-refractivity contribution in [3.8, 4) is 17.2 Å². The van der Waals surface area contributed by atoms with Crippen molar-refractivity contribution in [1.29, 1.82) is 5.26 Å². The minimum absolute atomic E-state index is 0.141. The van der Waals surface area contributed by atoms with Crippen LogP contribution >= 0.6 is 11.8 Å². The molecule has 5 nitrogen and oxygen atoms in total. The van der Waals surface area contributed by atoms with E-state index in [0.29, 0.717) is 16.3 Å². The number of para-hydroxylation sites is 1.